The molecule has 1 spiro atoms. The van der Waals surface area contributed by atoms with Gasteiger partial charge < -0.3 is 15.0 Å². The van der Waals surface area contributed by atoms with Crippen LogP contribution in [0.5, 0.6) is 0 Å². The number of piperidine rings is 1. The highest BCUT2D eigenvalue weighted by Gasteiger charge is 2.53. The van der Waals surface area contributed by atoms with Crippen LogP contribution < -0.4 is 5.32 Å². The van der Waals surface area contributed by atoms with Crippen LogP contribution in [0.4, 0.5) is 13.2 Å². The van der Waals surface area contributed by atoms with Gasteiger partial charge in [-0.25, -0.2) is 13.2 Å². The van der Waals surface area contributed by atoms with Crippen LogP contribution >= 0.6 is 0 Å². The molecule has 1 unspecified atom stereocenters. The molecule has 2 fully saturated rings. The standard InChI is InChI=1S/C27H25F3N2O2/c28-23-8-5-16(19-3-1-2-4-20(19)23)14-32(18-6-7-18)26(33)22-13-31-10-9-27(22)21-12-25(30)24(29)11-17(21)15-34-27/h1-5,8,11-12,18,22,31H,6-7,9-10,13-15H2/t22-,27?/m1/s1. The predicted octanol–water partition coefficient (Wildman–Crippen LogP) is 4.78. The van der Waals surface area contributed by atoms with Gasteiger partial charge in [-0.1, -0.05) is 30.3 Å². The van der Waals surface area contributed by atoms with Gasteiger partial charge in [0, 0.05) is 24.5 Å². The molecule has 34 heavy (non-hydrogen) atoms. The Morgan fingerprint density at radius 3 is 2.59 bits per heavy atom. The number of nitrogens with one attached hydrogen (secondary N) is 1. The molecule has 1 saturated heterocycles. The molecule has 176 valence electrons. The average Bonchev–Trinajstić information content (AvgIpc) is 3.64. The lowest BCUT2D eigenvalue weighted by molar-refractivity contribution is -0.157. The van der Waals surface area contributed by atoms with Crippen molar-refractivity contribution < 1.29 is 22.7 Å². The topological polar surface area (TPSA) is 41.6 Å². The Hall–Kier alpha value is -2.90. The summed E-state index contributed by atoms with van der Waals surface area (Å²) < 4.78 is 48.7. The molecule has 7 heteroatoms. The Bertz CT molecular complexity index is 1290. The lowest BCUT2D eigenvalue weighted by Crippen LogP contribution is -2.55. The number of ether oxygens (including phenoxy) is 1. The molecule has 3 aromatic carbocycles. The second-order valence-corrected chi connectivity index (χ2v) is 9.56. The zero-order chi connectivity index (χ0) is 23.4. The Morgan fingerprint density at radius 1 is 1.03 bits per heavy atom. The Kier molecular flexibility index (Phi) is 5.15. The summed E-state index contributed by atoms with van der Waals surface area (Å²) in [6.07, 6.45) is 2.32. The van der Waals surface area contributed by atoms with Gasteiger partial charge in [-0.3, -0.25) is 4.79 Å². The van der Waals surface area contributed by atoms with Gasteiger partial charge in [0.2, 0.25) is 5.91 Å². The molecule has 2 heterocycles. The van der Waals surface area contributed by atoms with Crippen molar-refractivity contribution in [3.05, 3.63) is 82.7 Å². The number of rotatable bonds is 4. The number of carbonyl (C=O) groups excluding carboxylic acids is 1. The smallest absolute Gasteiger partial charge is 0.230 e. The van der Waals surface area contributed by atoms with E-state index in [4.69, 9.17) is 4.74 Å². The molecule has 1 aliphatic carbocycles. The summed E-state index contributed by atoms with van der Waals surface area (Å²) in [6.45, 7) is 1.53. The fraction of sp³-hybridized carbons (Fsp3) is 0.370. The second-order valence-electron chi connectivity index (χ2n) is 9.56. The van der Waals surface area contributed by atoms with Gasteiger partial charge in [-0.05, 0) is 66.1 Å². The molecule has 4 nitrogen and oxygen atoms in total. The van der Waals surface area contributed by atoms with E-state index in [2.05, 4.69) is 5.32 Å². The monoisotopic (exact) mass is 466 g/mol. The summed E-state index contributed by atoms with van der Waals surface area (Å²) in [5, 5.41) is 4.62. The van der Waals surface area contributed by atoms with Crippen LogP contribution in [0.25, 0.3) is 10.8 Å². The van der Waals surface area contributed by atoms with E-state index in [9.17, 15) is 18.0 Å². The van der Waals surface area contributed by atoms with Gasteiger partial charge in [0.1, 0.15) is 11.4 Å². The van der Waals surface area contributed by atoms with Crippen molar-refractivity contribution in [1.82, 2.24) is 10.2 Å². The summed E-state index contributed by atoms with van der Waals surface area (Å²) in [4.78, 5) is 15.9. The first-order chi connectivity index (χ1) is 16.5. The number of benzene rings is 3. The number of amides is 1. The number of fused-ring (bicyclic) bond motifs is 3. The quantitative estimate of drug-likeness (QED) is 0.602. The number of nitrogens with zero attached hydrogens (tertiary/aromatic N) is 1. The van der Waals surface area contributed by atoms with Gasteiger partial charge in [-0.15, -0.1) is 0 Å². The summed E-state index contributed by atoms with van der Waals surface area (Å²) >= 11 is 0. The number of hydrogen-bond acceptors (Lipinski definition) is 3. The maximum atomic E-state index is 14.4. The van der Waals surface area contributed by atoms with Crippen LogP contribution in [-0.4, -0.2) is 29.9 Å². The Labute approximate surface area is 195 Å². The summed E-state index contributed by atoms with van der Waals surface area (Å²) in [5.74, 6) is -2.76. The van der Waals surface area contributed by atoms with Crippen LogP contribution in [0.1, 0.15) is 36.0 Å². The van der Waals surface area contributed by atoms with Crippen molar-refractivity contribution in [3.8, 4) is 0 Å². The largest absolute Gasteiger partial charge is 0.365 e. The molecule has 0 aromatic heterocycles. The fourth-order valence-corrected chi connectivity index (χ4v) is 5.65. The van der Waals surface area contributed by atoms with Gasteiger partial charge in [-0.2, -0.15) is 0 Å². The van der Waals surface area contributed by atoms with Crippen molar-refractivity contribution in [1.29, 1.82) is 0 Å². The van der Waals surface area contributed by atoms with Crippen LogP contribution in [0.2, 0.25) is 0 Å². The number of carbonyl (C=O) groups is 1. The van der Waals surface area contributed by atoms with E-state index in [0.29, 0.717) is 42.6 Å². The minimum Gasteiger partial charge on any atom is -0.365 e. The first-order valence-electron chi connectivity index (χ1n) is 11.8. The minimum absolute atomic E-state index is 0.0688. The highest BCUT2D eigenvalue weighted by atomic mass is 19.2. The lowest BCUT2D eigenvalue weighted by atomic mass is 9.75. The molecule has 0 radical (unpaired) electrons. The van der Waals surface area contributed by atoms with E-state index in [-0.39, 0.29) is 24.4 Å². The van der Waals surface area contributed by atoms with E-state index in [1.54, 1.807) is 18.2 Å². The van der Waals surface area contributed by atoms with Crippen molar-refractivity contribution in [3.63, 3.8) is 0 Å². The molecule has 2 atom stereocenters. The third-order valence-electron chi connectivity index (χ3n) is 7.54. The summed E-state index contributed by atoms with van der Waals surface area (Å²) in [6, 6.07) is 13.0. The highest BCUT2D eigenvalue weighted by Crippen LogP contribution is 2.48. The van der Waals surface area contributed by atoms with Crippen molar-refractivity contribution in [2.45, 2.75) is 44.1 Å². The molecule has 1 amide bonds. The van der Waals surface area contributed by atoms with Crippen molar-refractivity contribution in [2.24, 2.45) is 5.92 Å². The zero-order valence-electron chi connectivity index (χ0n) is 18.6. The van der Waals surface area contributed by atoms with E-state index in [0.717, 1.165) is 23.8 Å². The first kappa shape index (κ1) is 21.6. The molecule has 3 aromatic rings. The molecular formula is C27H25F3N2O2. The van der Waals surface area contributed by atoms with Gasteiger partial charge in [0.05, 0.1) is 12.5 Å². The zero-order valence-corrected chi connectivity index (χ0v) is 18.6. The van der Waals surface area contributed by atoms with Gasteiger partial charge in [0.25, 0.3) is 0 Å². The maximum Gasteiger partial charge on any atom is 0.230 e. The molecule has 0 bridgehead atoms. The summed E-state index contributed by atoms with van der Waals surface area (Å²) in [7, 11) is 0. The summed E-state index contributed by atoms with van der Waals surface area (Å²) in [5.41, 5.74) is 1.08. The van der Waals surface area contributed by atoms with E-state index >= 15 is 0 Å². The predicted molar refractivity (Wildman–Crippen MR) is 121 cm³/mol. The molecule has 6 rings (SSSR count). The normalized spacial score (nSPS) is 23.9. The Balaban J connectivity index is 1.37. The van der Waals surface area contributed by atoms with E-state index < -0.39 is 23.2 Å². The van der Waals surface area contributed by atoms with E-state index in [1.165, 1.54) is 18.2 Å². The number of halogens is 3. The molecule has 2 aliphatic heterocycles. The SMILES string of the molecule is O=C([C@H]1CNCCC12OCc1cc(F)c(F)cc12)N(Cc1ccc(F)c2ccccc12)C1CC1. The fourth-order valence-electron chi connectivity index (χ4n) is 5.65. The van der Waals surface area contributed by atoms with Gasteiger partial charge in [0.15, 0.2) is 11.6 Å². The molecular weight excluding hydrogens is 441 g/mol. The van der Waals surface area contributed by atoms with Gasteiger partial charge >= 0.3 is 0 Å². The van der Waals surface area contributed by atoms with Crippen LogP contribution in [0.15, 0.2) is 48.5 Å². The third-order valence-corrected chi connectivity index (χ3v) is 7.54. The number of hydrogen-bond donors (Lipinski definition) is 1. The molecule has 1 saturated carbocycles. The van der Waals surface area contributed by atoms with Crippen molar-refractivity contribution in [2.75, 3.05) is 13.1 Å². The lowest BCUT2D eigenvalue weighted by Gasteiger charge is -2.43. The van der Waals surface area contributed by atoms with Crippen LogP contribution in [0, 0.1) is 23.4 Å². The minimum atomic E-state index is -0.982. The van der Waals surface area contributed by atoms with Crippen molar-refractivity contribution >= 4 is 16.7 Å². The Morgan fingerprint density at radius 2 is 1.79 bits per heavy atom. The third kappa shape index (κ3) is 3.41. The molecule has 3 aliphatic rings. The average molecular weight is 467 g/mol. The highest BCUT2D eigenvalue weighted by molar-refractivity contribution is 5.87. The maximum absolute atomic E-state index is 14.4. The van der Waals surface area contributed by atoms with Crippen LogP contribution in [-0.2, 0) is 28.3 Å². The molecule has 1 N–H and O–H groups in total. The van der Waals surface area contributed by atoms with E-state index in [1.807, 2.05) is 17.0 Å². The van der Waals surface area contributed by atoms with Crippen LogP contribution in [0.3, 0.4) is 0 Å². The first-order valence-corrected chi connectivity index (χ1v) is 11.8. The second kappa shape index (κ2) is 8.10.